The second kappa shape index (κ2) is 6.50. The lowest BCUT2D eigenvalue weighted by Crippen LogP contribution is -1.91. The van der Waals surface area contributed by atoms with Crippen molar-refractivity contribution in [1.82, 2.24) is 9.97 Å². The molecule has 0 aliphatic carbocycles. The van der Waals surface area contributed by atoms with E-state index in [1.807, 2.05) is 12.1 Å². The van der Waals surface area contributed by atoms with Crippen LogP contribution in [0.15, 0.2) is 71.5 Å². The second-order valence-electron chi connectivity index (χ2n) is 4.58. The van der Waals surface area contributed by atoms with Gasteiger partial charge in [-0.1, -0.05) is 40.2 Å². The molecule has 21 heavy (non-hydrogen) atoms. The molecule has 0 saturated heterocycles. The van der Waals surface area contributed by atoms with E-state index in [9.17, 15) is 0 Å². The van der Waals surface area contributed by atoms with Crippen LogP contribution in [-0.4, -0.2) is 9.97 Å². The normalized spacial score (nSPS) is 10.3. The van der Waals surface area contributed by atoms with Crippen LogP contribution in [0.25, 0.3) is 0 Å². The lowest BCUT2D eigenvalue weighted by molar-refractivity contribution is 0.441. The van der Waals surface area contributed by atoms with E-state index in [-0.39, 0.29) is 0 Å². The van der Waals surface area contributed by atoms with E-state index >= 15 is 0 Å². The summed E-state index contributed by atoms with van der Waals surface area (Å²) in [5.41, 5.74) is 2.51. The van der Waals surface area contributed by atoms with Crippen molar-refractivity contribution in [2.24, 2.45) is 0 Å². The highest BCUT2D eigenvalue weighted by Crippen LogP contribution is 2.20. The Hall–Kier alpha value is -2.20. The molecule has 0 N–H and O–H groups in total. The quantitative estimate of drug-likeness (QED) is 0.694. The number of aromatic nitrogens is 2. The zero-order chi connectivity index (χ0) is 14.5. The van der Waals surface area contributed by atoms with Crippen molar-refractivity contribution in [3.8, 4) is 11.8 Å². The van der Waals surface area contributed by atoms with Crippen LogP contribution < -0.4 is 4.74 Å². The summed E-state index contributed by atoms with van der Waals surface area (Å²) in [6.07, 6.45) is 4.21. The van der Waals surface area contributed by atoms with Crippen LogP contribution in [0.2, 0.25) is 0 Å². The fraction of sp³-hybridized carbons (Fsp3) is 0.0588. The predicted octanol–water partition coefficient (Wildman–Crippen LogP) is 4.62. The first-order valence-corrected chi connectivity index (χ1v) is 7.37. The average molecular weight is 341 g/mol. The fourth-order valence-corrected chi connectivity index (χ4v) is 2.22. The molecule has 1 aromatic heterocycles. The molecule has 104 valence electrons. The molecule has 0 atom stereocenters. The Morgan fingerprint density at radius 2 is 1.38 bits per heavy atom. The molecule has 0 radical (unpaired) electrons. The first-order valence-electron chi connectivity index (χ1n) is 6.58. The summed E-state index contributed by atoms with van der Waals surface area (Å²) >= 11 is 3.44. The summed E-state index contributed by atoms with van der Waals surface area (Å²) in [7, 11) is 0. The summed E-state index contributed by atoms with van der Waals surface area (Å²) in [4.78, 5) is 8.07. The zero-order valence-electron chi connectivity index (χ0n) is 11.2. The first-order chi connectivity index (χ1) is 10.3. The first kappa shape index (κ1) is 13.8. The van der Waals surface area contributed by atoms with Gasteiger partial charge in [0, 0.05) is 16.9 Å². The van der Waals surface area contributed by atoms with Gasteiger partial charge >= 0.3 is 6.01 Å². The van der Waals surface area contributed by atoms with Gasteiger partial charge in [-0.3, -0.25) is 0 Å². The van der Waals surface area contributed by atoms with Gasteiger partial charge in [-0.05, 0) is 47.9 Å². The topological polar surface area (TPSA) is 35.0 Å². The summed E-state index contributed by atoms with van der Waals surface area (Å²) in [6, 6.07) is 18.4. The molecule has 0 bridgehead atoms. The summed E-state index contributed by atoms with van der Waals surface area (Å²) < 4.78 is 6.67. The number of benzene rings is 2. The molecule has 0 spiro atoms. The number of ether oxygens (including phenoxy) is 1. The summed E-state index contributed by atoms with van der Waals surface area (Å²) in [5, 5.41) is 0. The Morgan fingerprint density at radius 3 is 2.00 bits per heavy atom. The highest BCUT2D eigenvalue weighted by Gasteiger charge is 2.01. The molecule has 3 nitrogen and oxygen atoms in total. The highest BCUT2D eigenvalue weighted by molar-refractivity contribution is 9.10. The third-order valence-corrected chi connectivity index (χ3v) is 3.52. The van der Waals surface area contributed by atoms with Crippen molar-refractivity contribution in [3.05, 3.63) is 82.6 Å². The molecule has 0 fully saturated rings. The van der Waals surface area contributed by atoms with Crippen LogP contribution in [0.1, 0.15) is 11.1 Å². The van der Waals surface area contributed by atoms with Crippen molar-refractivity contribution >= 4 is 15.9 Å². The monoisotopic (exact) mass is 340 g/mol. The van der Waals surface area contributed by atoms with Crippen LogP contribution >= 0.6 is 15.9 Å². The fourth-order valence-electron chi connectivity index (χ4n) is 1.96. The molecular formula is C17H13BrN2O. The molecule has 1 heterocycles. The zero-order valence-corrected chi connectivity index (χ0v) is 12.8. The third-order valence-electron chi connectivity index (χ3n) is 3.00. The molecular weight excluding hydrogens is 328 g/mol. The van der Waals surface area contributed by atoms with E-state index in [2.05, 4.69) is 62.3 Å². The maximum atomic E-state index is 5.57. The van der Waals surface area contributed by atoms with Crippen molar-refractivity contribution in [3.63, 3.8) is 0 Å². The minimum Gasteiger partial charge on any atom is -0.424 e. The largest absolute Gasteiger partial charge is 0.424 e. The average Bonchev–Trinajstić information content (AvgIpc) is 2.53. The predicted molar refractivity (Wildman–Crippen MR) is 85.5 cm³/mol. The molecule has 3 aromatic rings. The standard InChI is InChI=1S/C17H13BrN2O/c18-15-6-2-13(3-7-15)12-14-4-8-16(9-5-14)21-17-19-10-1-11-20-17/h1-11H,12H2. The van der Waals surface area contributed by atoms with E-state index in [0.717, 1.165) is 16.6 Å². The Kier molecular flexibility index (Phi) is 4.26. The van der Waals surface area contributed by atoms with Crippen LogP contribution in [-0.2, 0) is 6.42 Å². The molecule has 0 aliphatic heterocycles. The number of hydrogen-bond acceptors (Lipinski definition) is 3. The van der Waals surface area contributed by atoms with Crippen molar-refractivity contribution < 1.29 is 4.74 Å². The third kappa shape index (κ3) is 3.89. The van der Waals surface area contributed by atoms with Gasteiger partial charge in [0.15, 0.2) is 0 Å². The van der Waals surface area contributed by atoms with Gasteiger partial charge in [-0.25, -0.2) is 9.97 Å². The van der Waals surface area contributed by atoms with Gasteiger partial charge in [0.2, 0.25) is 0 Å². The van der Waals surface area contributed by atoms with Gasteiger partial charge < -0.3 is 4.74 Å². The molecule has 0 aliphatic rings. The van der Waals surface area contributed by atoms with E-state index in [4.69, 9.17) is 4.74 Å². The van der Waals surface area contributed by atoms with Gasteiger partial charge in [-0.15, -0.1) is 0 Å². The molecule has 0 unspecified atom stereocenters. The summed E-state index contributed by atoms with van der Waals surface area (Å²) in [5.74, 6) is 0.737. The highest BCUT2D eigenvalue weighted by atomic mass is 79.9. The van der Waals surface area contributed by atoms with Crippen LogP contribution in [0.4, 0.5) is 0 Å². The van der Waals surface area contributed by atoms with Crippen LogP contribution in [0.5, 0.6) is 11.8 Å². The lowest BCUT2D eigenvalue weighted by atomic mass is 10.1. The Bertz CT molecular complexity index is 697. The lowest BCUT2D eigenvalue weighted by Gasteiger charge is -2.05. The van der Waals surface area contributed by atoms with E-state index in [1.54, 1.807) is 18.5 Å². The number of nitrogens with zero attached hydrogens (tertiary/aromatic N) is 2. The number of halogens is 1. The number of rotatable bonds is 4. The van der Waals surface area contributed by atoms with Crippen molar-refractivity contribution in [1.29, 1.82) is 0 Å². The van der Waals surface area contributed by atoms with E-state index < -0.39 is 0 Å². The van der Waals surface area contributed by atoms with E-state index in [0.29, 0.717) is 6.01 Å². The molecule has 0 amide bonds. The molecule has 2 aromatic carbocycles. The SMILES string of the molecule is Brc1ccc(Cc2ccc(Oc3ncccn3)cc2)cc1. The second-order valence-corrected chi connectivity index (χ2v) is 5.50. The Morgan fingerprint density at radius 1 is 0.810 bits per heavy atom. The molecule has 3 rings (SSSR count). The minimum atomic E-state index is 0.359. The maximum Gasteiger partial charge on any atom is 0.321 e. The van der Waals surface area contributed by atoms with Crippen LogP contribution in [0.3, 0.4) is 0 Å². The van der Waals surface area contributed by atoms with Gasteiger partial charge in [0.25, 0.3) is 0 Å². The molecule has 4 heteroatoms. The smallest absolute Gasteiger partial charge is 0.321 e. The summed E-state index contributed by atoms with van der Waals surface area (Å²) in [6.45, 7) is 0. The number of hydrogen-bond donors (Lipinski definition) is 0. The van der Waals surface area contributed by atoms with Crippen molar-refractivity contribution in [2.75, 3.05) is 0 Å². The minimum absolute atomic E-state index is 0.359. The van der Waals surface area contributed by atoms with E-state index in [1.165, 1.54) is 11.1 Å². The molecule has 0 saturated carbocycles. The van der Waals surface area contributed by atoms with Gasteiger partial charge in [-0.2, -0.15) is 0 Å². The maximum absolute atomic E-state index is 5.57. The Balaban J connectivity index is 1.68. The van der Waals surface area contributed by atoms with Gasteiger partial charge in [0.05, 0.1) is 0 Å². The van der Waals surface area contributed by atoms with Gasteiger partial charge in [0.1, 0.15) is 5.75 Å². The van der Waals surface area contributed by atoms with Crippen molar-refractivity contribution in [2.45, 2.75) is 6.42 Å². The van der Waals surface area contributed by atoms with Crippen LogP contribution in [0, 0.1) is 0 Å². The Labute approximate surface area is 131 Å².